The fourth-order valence-corrected chi connectivity index (χ4v) is 9.12. The number of aliphatic hydroxyl groups is 2. The van der Waals surface area contributed by atoms with Gasteiger partial charge >= 0.3 is 0 Å². The van der Waals surface area contributed by atoms with Gasteiger partial charge in [-0.3, -0.25) is 25.0 Å². The molecule has 4 heterocycles. The minimum atomic E-state index is -0.706. The fourth-order valence-electron chi connectivity index (χ4n) is 8.66. The standard InChI is InChI=1S/C49H38Cl2N6O5/c50-37-13-11-33(41-19-29-17-27(5-15-39(29)56-41)48(61)54-31-7-1-25(23-58)2-8-31)43-35(37)21-52-45(43)47(60)46-44-34(12-14-38(51)36(44)22-53-46)42-20-30-18-28(6-16-40(30)57-42)49(62)55-32-9-3-26(24-59)4-10-32/h1-20,45-46,52-53,56-59H,21-24H2,(H,54,61)(H,55,62). The molecule has 0 aliphatic carbocycles. The molecule has 0 spiro atoms. The van der Waals surface area contributed by atoms with Gasteiger partial charge in [-0.1, -0.05) is 59.6 Å². The van der Waals surface area contributed by atoms with Gasteiger partial charge in [-0.25, -0.2) is 0 Å². The summed E-state index contributed by atoms with van der Waals surface area (Å²) in [6, 6.07) is 35.0. The zero-order valence-electron chi connectivity index (χ0n) is 32.9. The molecule has 2 amide bonds. The lowest BCUT2D eigenvalue weighted by molar-refractivity contribution is -0.123. The summed E-state index contributed by atoms with van der Waals surface area (Å²) in [6.07, 6.45) is 0. The number of amides is 2. The normalized spacial score (nSPS) is 15.5. The zero-order valence-corrected chi connectivity index (χ0v) is 34.4. The number of anilines is 2. The molecule has 10 rings (SSSR count). The summed E-state index contributed by atoms with van der Waals surface area (Å²) in [5.41, 5.74) is 11.8. The van der Waals surface area contributed by atoms with E-state index in [9.17, 15) is 24.6 Å². The predicted molar refractivity (Wildman–Crippen MR) is 242 cm³/mol. The number of benzene rings is 6. The van der Waals surface area contributed by atoms with Crippen molar-refractivity contribution in [2.75, 3.05) is 10.6 Å². The van der Waals surface area contributed by atoms with Crippen LogP contribution in [-0.2, 0) is 31.1 Å². The number of carbonyl (C=O) groups is 3. The Morgan fingerprint density at radius 3 is 1.37 bits per heavy atom. The minimum absolute atomic E-state index is 0.0766. The Morgan fingerprint density at radius 1 is 0.548 bits per heavy atom. The molecule has 0 fully saturated rings. The second kappa shape index (κ2) is 16.0. The van der Waals surface area contributed by atoms with Gasteiger partial charge in [-0.15, -0.1) is 0 Å². The van der Waals surface area contributed by atoms with Crippen LogP contribution >= 0.6 is 23.2 Å². The average Bonchev–Trinajstić information content (AvgIpc) is 4.12. The first-order chi connectivity index (χ1) is 30.1. The van der Waals surface area contributed by atoms with E-state index in [1.54, 1.807) is 60.7 Å². The van der Waals surface area contributed by atoms with E-state index in [1.165, 1.54) is 0 Å². The molecule has 2 aliphatic heterocycles. The minimum Gasteiger partial charge on any atom is -0.392 e. The number of aliphatic hydroxyl groups excluding tert-OH is 2. The number of aromatic nitrogens is 2. The van der Waals surface area contributed by atoms with Crippen LogP contribution in [0.3, 0.4) is 0 Å². The van der Waals surface area contributed by atoms with Crippen molar-refractivity contribution >= 4 is 74.0 Å². The maximum Gasteiger partial charge on any atom is 0.255 e. The molecule has 13 heteroatoms. The number of rotatable bonds is 10. The molecule has 308 valence electrons. The Kier molecular flexibility index (Phi) is 10.2. The number of ketones is 1. The highest BCUT2D eigenvalue weighted by Gasteiger charge is 2.41. The lowest BCUT2D eigenvalue weighted by Crippen LogP contribution is -2.32. The van der Waals surface area contributed by atoms with Crippen molar-refractivity contribution in [2.24, 2.45) is 0 Å². The number of halogens is 2. The van der Waals surface area contributed by atoms with Gasteiger partial charge < -0.3 is 30.8 Å². The fraction of sp³-hybridized carbons (Fsp3) is 0.122. The summed E-state index contributed by atoms with van der Waals surface area (Å²) in [6.45, 7) is 0.645. The molecular weight excluding hydrogens is 823 g/mol. The molecule has 6 aromatic carbocycles. The SMILES string of the molecule is O=C(Nc1ccc(CO)cc1)c1ccc2[nH]c(-c3ccc(Cl)c4c3C(C(=O)C3NCc5c(Cl)ccc(-c6cc7cc(C(=O)Nc8ccc(CO)cc8)ccc7[nH]6)c53)NC4)cc2c1. The molecule has 2 aliphatic rings. The van der Waals surface area contributed by atoms with Crippen LogP contribution in [0.5, 0.6) is 0 Å². The number of hydrogen-bond acceptors (Lipinski definition) is 7. The zero-order chi connectivity index (χ0) is 42.6. The van der Waals surface area contributed by atoms with Gasteiger partial charge in [-0.05, 0) is 118 Å². The first-order valence-corrected chi connectivity index (χ1v) is 20.8. The Bertz CT molecular complexity index is 2900. The molecule has 11 nitrogen and oxygen atoms in total. The van der Waals surface area contributed by atoms with Crippen LogP contribution < -0.4 is 21.3 Å². The van der Waals surface area contributed by atoms with E-state index >= 15 is 0 Å². The van der Waals surface area contributed by atoms with Crippen LogP contribution in [0, 0.1) is 0 Å². The lowest BCUT2D eigenvalue weighted by Gasteiger charge is -2.21. The lowest BCUT2D eigenvalue weighted by atomic mass is 9.87. The second-order valence-corrected chi connectivity index (χ2v) is 16.4. The number of H-pyrrole nitrogens is 2. The third-order valence-corrected chi connectivity index (χ3v) is 12.6. The predicted octanol–water partition coefficient (Wildman–Crippen LogP) is 9.34. The van der Waals surface area contributed by atoms with Gasteiger partial charge in [0, 0.05) is 90.0 Å². The van der Waals surface area contributed by atoms with Gasteiger partial charge in [0.25, 0.3) is 11.8 Å². The number of nitrogens with one attached hydrogen (secondary N) is 6. The molecule has 2 unspecified atom stereocenters. The van der Waals surface area contributed by atoms with Crippen molar-refractivity contribution in [1.29, 1.82) is 0 Å². The van der Waals surface area contributed by atoms with E-state index in [-0.39, 0.29) is 30.8 Å². The first-order valence-electron chi connectivity index (χ1n) is 20.1. The van der Waals surface area contributed by atoms with E-state index in [1.807, 2.05) is 60.7 Å². The van der Waals surface area contributed by atoms with E-state index in [2.05, 4.69) is 31.2 Å². The van der Waals surface area contributed by atoms with Gasteiger partial charge in [0.15, 0.2) is 5.78 Å². The summed E-state index contributed by atoms with van der Waals surface area (Å²) in [5, 5.41) is 34.2. The molecule has 2 aromatic heterocycles. The molecule has 0 saturated heterocycles. The van der Waals surface area contributed by atoms with Crippen LogP contribution in [0.25, 0.3) is 44.3 Å². The maximum atomic E-state index is 15.0. The molecule has 8 N–H and O–H groups in total. The van der Waals surface area contributed by atoms with Gasteiger partial charge in [-0.2, -0.15) is 0 Å². The Morgan fingerprint density at radius 2 is 0.968 bits per heavy atom. The summed E-state index contributed by atoms with van der Waals surface area (Å²) in [4.78, 5) is 48.5. The molecular formula is C49H38Cl2N6O5. The maximum absolute atomic E-state index is 15.0. The summed E-state index contributed by atoms with van der Waals surface area (Å²) < 4.78 is 0. The summed E-state index contributed by atoms with van der Waals surface area (Å²) >= 11 is 13.6. The van der Waals surface area contributed by atoms with Crippen molar-refractivity contribution in [3.8, 4) is 22.5 Å². The topological polar surface area (TPSA) is 171 Å². The van der Waals surface area contributed by atoms with Crippen LogP contribution in [0.2, 0.25) is 10.0 Å². The van der Waals surface area contributed by atoms with Crippen LogP contribution in [0.1, 0.15) is 66.2 Å². The number of Topliss-reactive ketones (excluding diaryl/α,β-unsaturated/α-hetero) is 1. The first kappa shape index (κ1) is 39.6. The Balaban J connectivity index is 0.942. The number of hydrogen-bond donors (Lipinski definition) is 8. The van der Waals surface area contributed by atoms with Crippen molar-refractivity contribution in [2.45, 2.75) is 38.4 Å². The quantitative estimate of drug-likeness (QED) is 0.0677. The van der Waals surface area contributed by atoms with E-state index in [4.69, 9.17) is 23.2 Å². The highest BCUT2D eigenvalue weighted by atomic mass is 35.5. The molecule has 0 saturated carbocycles. The van der Waals surface area contributed by atoms with Gasteiger partial charge in [0.2, 0.25) is 0 Å². The van der Waals surface area contributed by atoms with Crippen molar-refractivity contribution in [3.63, 3.8) is 0 Å². The monoisotopic (exact) mass is 860 g/mol. The van der Waals surface area contributed by atoms with E-state index < -0.39 is 12.1 Å². The second-order valence-electron chi connectivity index (χ2n) is 15.6. The number of carbonyl (C=O) groups excluding carboxylic acids is 3. The van der Waals surface area contributed by atoms with Gasteiger partial charge in [0.05, 0.1) is 25.3 Å². The number of fused-ring (bicyclic) bond motifs is 4. The van der Waals surface area contributed by atoms with E-state index in [0.29, 0.717) is 45.6 Å². The highest BCUT2D eigenvalue weighted by molar-refractivity contribution is 6.32. The summed E-state index contributed by atoms with van der Waals surface area (Å²) in [7, 11) is 0. The molecule has 62 heavy (non-hydrogen) atoms. The molecule has 0 radical (unpaired) electrons. The molecule has 0 bridgehead atoms. The van der Waals surface area contributed by atoms with Crippen molar-refractivity contribution in [3.05, 3.63) is 176 Å². The smallest absolute Gasteiger partial charge is 0.255 e. The van der Waals surface area contributed by atoms with Crippen LogP contribution in [-0.4, -0.2) is 37.8 Å². The van der Waals surface area contributed by atoms with Crippen LogP contribution in [0.4, 0.5) is 11.4 Å². The van der Waals surface area contributed by atoms with E-state index in [0.717, 1.165) is 77.7 Å². The average molecular weight is 862 g/mol. The number of aromatic amines is 2. The Hall–Kier alpha value is -6.57. The molecule has 8 aromatic rings. The largest absolute Gasteiger partial charge is 0.392 e. The third-order valence-electron chi connectivity index (χ3n) is 11.8. The Labute approximate surface area is 365 Å². The van der Waals surface area contributed by atoms with Crippen molar-refractivity contribution < 1.29 is 24.6 Å². The third kappa shape index (κ3) is 7.14. The van der Waals surface area contributed by atoms with Crippen LogP contribution in [0.15, 0.2) is 121 Å². The summed E-state index contributed by atoms with van der Waals surface area (Å²) in [5.74, 6) is -0.613. The molecule has 2 atom stereocenters. The van der Waals surface area contributed by atoms with Crippen molar-refractivity contribution in [1.82, 2.24) is 20.6 Å². The highest BCUT2D eigenvalue weighted by Crippen LogP contribution is 2.45. The van der Waals surface area contributed by atoms with Gasteiger partial charge in [0.1, 0.15) is 0 Å².